The lowest BCUT2D eigenvalue weighted by Gasteiger charge is -2.13. The van der Waals surface area contributed by atoms with Crippen molar-refractivity contribution in [2.24, 2.45) is 0 Å². The number of hydrogen-bond donors (Lipinski definition) is 1. The van der Waals surface area contributed by atoms with Crippen LogP contribution in [0.5, 0.6) is 0 Å². The summed E-state index contributed by atoms with van der Waals surface area (Å²) in [5, 5.41) is 11.6. The second-order valence-electron chi connectivity index (χ2n) is 6.02. The highest BCUT2D eigenvalue weighted by molar-refractivity contribution is 5.90. The van der Waals surface area contributed by atoms with Gasteiger partial charge in [-0.3, -0.25) is 0 Å². The third kappa shape index (κ3) is 3.83. The Balaban J connectivity index is 1.91. The average molecular weight is 354 g/mol. The molecule has 1 aromatic carbocycles. The highest BCUT2D eigenvalue weighted by Gasteiger charge is 2.20. The highest BCUT2D eigenvalue weighted by atomic mass is 16.5. The standard InChI is InChI=1S/C19H22N4O3/c1-4-25-19(24)16-11-21-23(17-6-5-13(2)9-14(17)3)18(16)12-20-10-15-7-8-26-22-15/h5-9,11,20H,4,10,12H2,1-3H3. The second-order valence-corrected chi connectivity index (χ2v) is 6.02. The Morgan fingerprint density at radius 1 is 1.27 bits per heavy atom. The number of aryl methyl sites for hydroxylation is 2. The first-order chi connectivity index (χ1) is 12.6. The van der Waals surface area contributed by atoms with Crippen LogP contribution in [-0.2, 0) is 17.8 Å². The van der Waals surface area contributed by atoms with E-state index in [0.29, 0.717) is 25.3 Å². The largest absolute Gasteiger partial charge is 0.462 e. The summed E-state index contributed by atoms with van der Waals surface area (Å²) < 4.78 is 11.8. The van der Waals surface area contributed by atoms with E-state index in [1.807, 2.05) is 26.0 Å². The third-order valence-electron chi connectivity index (χ3n) is 4.03. The average Bonchev–Trinajstić information content (AvgIpc) is 3.25. The van der Waals surface area contributed by atoms with Crippen LogP contribution in [0.1, 0.15) is 39.8 Å². The van der Waals surface area contributed by atoms with E-state index in [2.05, 4.69) is 21.6 Å². The molecule has 0 aliphatic rings. The van der Waals surface area contributed by atoms with Crippen LogP contribution < -0.4 is 5.32 Å². The van der Waals surface area contributed by atoms with Crippen LogP contribution in [0.2, 0.25) is 0 Å². The third-order valence-corrected chi connectivity index (χ3v) is 4.03. The van der Waals surface area contributed by atoms with Crippen LogP contribution in [0, 0.1) is 13.8 Å². The molecule has 7 nitrogen and oxygen atoms in total. The summed E-state index contributed by atoms with van der Waals surface area (Å²) in [5.41, 5.74) is 5.19. The summed E-state index contributed by atoms with van der Waals surface area (Å²) in [6.07, 6.45) is 3.09. The van der Waals surface area contributed by atoms with Crippen LogP contribution in [-0.4, -0.2) is 27.5 Å². The Bertz CT molecular complexity index is 884. The summed E-state index contributed by atoms with van der Waals surface area (Å²) in [4.78, 5) is 12.3. The molecule has 2 aromatic heterocycles. The lowest BCUT2D eigenvalue weighted by Crippen LogP contribution is -2.19. The topological polar surface area (TPSA) is 82.2 Å². The number of nitrogens with one attached hydrogen (secondary N) is 1. The maximum atomic E-state index is 12.3. The maximum absolute atomic E-state index is 12.3. The SMILES string of the molecule is CCOC(=O)c1cnn(-c2ccc(C)cc2C)c1CNCc1ccon1. The molecule has 3 aromatic rings. The van der Waals surface area contributed by atoms with Gasteiger partial charge in [0.2, 0.25) is 0 Å². The summed E-state index contributed by atoms with van der Waals surface area (Å²) in [7, 11) is 0. The van der Waals surface area contributed by atoms with Gasteiger partial charge in [0.15, 0.2) is 0 Å². The molecule has 0 aliphatic heterocycles. The molecular weight excluding hydrogens is 332 g/mol. The van der Waals surface area contributed by atoms with Gasteiger partial charge in [-0.15, -0.1) is 0 Å². The fourth-order valence-electron chi connectivity index (χ4n) is 2.81. The molecule has 0 bridgehead atoms. The Labute approximate surface area is 151 Å². The van der Waals surface area contributed by atoms with E-state index in [9.17, 15) is 4.79 Å². The van der Waals surface area contributed by atoms with Gasteiger partial charge >= 0.3 is 5.97 Å². The smallest absolute Gasteiger partial charge is 0.341 e. The van der Waals surface area contributed by atoms with Crippen molar-refractivity contribution in [3.05, 3.63) is 64.8 Å². The van der Waals surface area contributed by atoms with Gasteiger partial charge < -0.3 is 14.6 Å². The van der Waals surface area contributed by atoms with E-state index in [1.165, 1.54) is 11.8 Å². The Morgan fingerprint density at radius 3 is 2.81 bits per heavy atom. The predicted octanol–water partition coefficient (Wildman–Crippen LogP) is 2.94. The molecule has 26 heavy (non-hydrogen) atoms. The molecule has 136 valence electrons. The van der Waals surface area contributed by atoms with Gasteiger partial charge in [0.05, 0.1) is 29.9 Å². The molecule has 1 N–H and O–H groups in total. The molecule has 0 radical (unpaired) electrons. The lowest BCUT2D eigenvalue weighted by molar-refractivity contribution is 0.0525. The maximum Gasteiger partial charge on any atom is 0.341 e. The minimum atomic E-state index is -0.373. The number of carbonyl (C=O) groups is 1. The fourth-order valence-corrected chi connectivity index (χ4v) is 2.81. The number of hydrogen-bond acceptors (Lipinski definition) is 6. The zero-order chi connectivity index (χ0) is 18.5. The molecule has 2 heterocycles. The van der Waals surface area contributed by atoms with Crippen molar-refractivity contribution in [3.8, 4) is 5.69 Å². The van der Waals surface area contributed by atoms with Crippen molar-refractivity contribution >= 4 is 5.97 Å². The molecule has 0 unspecified atom stereocenters. The van der Waals surface area contributed by atoms with Crippen molar-refractivity contribution < 1.29 is 14.1 Å². The number of nitrogens with zero attached hydrogens (tertiary/aromatic N) is 3. The van der Waals surface area contributed by atoms with Gasteiger partial charge in [0.1, 0.15) is 11.8 Å². The van der Waals surface area contributed by atoms with E-state index in [1.54, 1.807) is 23.9 Å². The molecule has 0 fully saturated rings. The lowest BCUT2D eigenvalue weighted by atomic mass is 10.1. The van der Waals surface area contributed by atoms with Crippen molar-refractivity contribution in [1.29, 1.82) is 0 Å². The van der Waals surface area contributed by atoms with Crippen LogP contribution in [0.3, 0.4) is 0 Å². The van der Waals surface area contributed by atoms with Gasteiger partial charge in [-0.1, -0.05) is 22.9 Å². The van der Waals surface area contributed by atoms with Gasteiger partial charge in [0, 0.05) is 19.2 Å². The quantitative estimate of drug-likeness (QED) is 0.657. The van der Waals surface area contributed by atoms with E-state index >= 15 is 0 Å². The van der Waals surface area contributed by atoms with E-state index in [0.717, 1.165) is 22.6 Å². The van der Waals surface area contributed by atoms with Gasteiger partial charge in [-0.25, -0.2) is 9.48 Å². The molecule has 0 amide bonds. The summed E-state index contributed by atoms with van der Waals surface area (Å²) >= 11 is 0. The van der Waals surface area contributed by atoms with Crippen LogP contribution in [0.15, 0.2) is 41.2 Å². The van der Waals surface area contributed by atoms with Crippen LogP contribution in [0.25, 0.3) is 5.69 Å². The minimum Gasteiger partial charge on any atom is -0.462 e. The van der Waals surface area contributed by atoms with Gasteiger partial charge in [-0.05, 0) is 32.4 Å². The number of aromatic nitrogens is 3. The Hall–Kier alpha value is -2.93. The van der Waals surface area contributed by atoms with Crippen molar-refractivity contribution in [2.45, 2.75) is 33.9 Å². The molecule has 0 saturated carbocycles. The van der Waals surface area contributed by atoms with Gasteiger partial charge in [-0.2, -0.15) is 5.10 Å². The number of ether oxygens (including phenoxy) is 1. The fraction of sp³-hybridized carbons (Fsp3) is 0.316. The first-order valence-corrected chi connectivity index (χ1v) is 8.51. The van der Waals surface area contributed by atoms with Crippen molar-refractivity contribution in [2.75, 3.05) is 6.61 Å². The van der Waals surface area contributed by atoms with Crippen molar-refractivity contribution in [3.63, 3.8) is 0 Å². The molecule has 0 spiro atoms. The molecule has 0 aliphatic carbocycles. The summed E-state index contributed by atoms with van der Waals surface area (Å²) in [5.74, 6) is -0.373. The van der Waals surface area contributed by atoms with E-state index < -0.39 is 0 Å². The number of carbonyl (C=O) groups excluding carboxylic acids is 1. The molecule has 7 heteroatoms. The molecule has 0 saturated heterocycles. The van der Waals surface area contributed by atoms with Crippen LogP contribution in [0.4, 0.5) is 0 Å². The molecular formula is C19H22N4O3. The Morgan fingerprint density at radius 2 is 2.12 bits per heavy atom. The van der Waals surface area contributed by atoms with Crippen molar-refractivity contribution in [1.82, 2.24) is 20.3 Å². The molecule has 0 atom stereocenters. The van der Waals surface area contributed by atoms with Crippen LogP contribution >= 0.6 is 0 Å². The normalized spacial score (nSPS) is 10.9. The molecule has 3 rings (SSSR count). The number of esters is 1. The van der Waals surface area contributed by atoms with E-state index in [4.69, 9.17) is 9.26 Å². The first-order valence-electron chi connectivity index (χ1n) is 8.51. The number of rotatable bonds is 7. The second kappa shape index (κ2) is 7.97. The Kier molecular flexibility index (Phi) is 5.48. The summed E-state index contributed by atoms with van der Waals surface area (Å²) in [6, 6.07) is 7.92. The van der Waals surface area contributed by atoms with E-state index in [-0.39, 0.29) is 5.97 Å². The minimum absolute atomic E-state index is 0.319. The highest BCUT2D eigenvalue weighted by Crippen LogP contribution is 2.20. The zero-order valence-electron chi connectivity index (χ0n) is 15.2. The predicted molar refractivity (Wildman–Crippen MR) is 96.0 cm³/mol. The first kappa shape index (κ1) is 17.9. The monoisotopic (exact) mass is 354 g/mol. The van der Waals surface area contributed by atoms with Gasteiger partial charge in [0.25, 0.3) is 0 Å². The zero-order valence-corrected chi connectivity index (χ0v) is 15.2. The summed E-state index contributed by atoms with van der Waals surface area (Å²) in [6.45, 7) is 7.14. The number of benzene rings is 1.